The van der Waals surface area contributed by atoms with E-state index in [-0.39, 0.29) is 11.8 Å². The van der Waals surface area contributed by atoms with Crippen LogP contribution in [0.4, 0.5) is 4.79 Å². The number of nitrogens with one attached hydrogen (secondary N) is 1. The number of thioether (sulfide) groups is 1. The van der Waals surface area contributed by atoms with Crippen molar-refractivity contribution in [3.63, 3.8) is 0 Å². The van der Waals surface area contributed by atoms with E-state index in [4.69, 9.17) is 10.5 Å². The molecule has 1 fully saturated rings. The Hall–Kier alpha value is -2.55. The maximum absolute atomic E-state index is 11.8. The highest BCUT2D eigenvalue weighted by Crippen LogP contribution is 2.39. The molecule has 0 bridgehead atoms. The minimum absolute atomic E-state index is 0.0464. The molecule has 2 aromatic rings. The first kappa shape index (κ1) is 20.2. The number of urea groups is 1. The minimum atomic E-state index is -0.855. The summed E-state index contributed by atoms with van der Waals surface area (Å²) in [7, 11) is 1.63. The Balaban J connectivity index is 1.91. The zero-order chi connectivity index (χ0) is 20.1. The zero-order valence-electron chi connectivity index (χ0n) is 16.1. The minimum Gasteiger partial charge on any atom is -0.497 e. The number of carbonyl (C=O) groups excluding carboxylic acids is 2. The first-order chi connectivity index (χ1) is 13.5. The molecule has 1 saturated carbocycles. The van der Waals surface area contributed by atoms with Gasteiger partial charge in [-0.15, -0.1) is 10.2 Å². The van der Waals surface area contributed by atoms with Crippen LogP contribution in [0.2, 0.25) is 0 Å². The van der Waals surface area contributed by atoms with Crippen molar-refractivity contribution in [2.45, 2.75) is 43.8 Å². The number of nitrogens with zero attached hydrogens (tertiary/aromatic N) is 3. The van der Waals surface area contributed by atoms with Crippen LogP contribution in [0.25, 0.3) is 11.4 Å². The van der Waals surface area contributed by atoms with Gasteiger partial charge >= 0.3 is 6.03 Å². The molecule has 0 aliphatic heterocycles. The first-order valence-electron chi connectivity index (χ1n) is 9.31. The highest BCUT2D eigenvalue weighted by atomic mass is 32.2. The molecule has 9 heteroatoms. The van der Waals surface area contributed by atoms with Gasteiger partial charge in [0, 0.05) is 11.6 Å². The van der Waals surface area contributed by atoms with Crippen molar-refractivity contribution >= 4 is 23.7 Å². The van der Waals surface area contributed by atoms with E-state index in [9.17, 15) is 9.59 Å². The second kappa shape index (κ2) is 9.09. The molecule has 3 amide bonds. The van der Waals surface area contributed by atoms with E-state index in [1.54, 1.807) is 7.11 Å². The maximum atomic E-state index is 11.8. The first-order valence-corrected chi connectivity index (χ1v) is 10.3. The van der Waals surface area contributed by atoms with Crippen LogP contribution in [0.1, 0.15) is 38.6 Å². The quantitative estimate of drug-likeness (QED) is 0.717. The second-order valence-corrected chi connectivity index (χ2v) is 7.88. The summed E-state index contributed by atoms with van der Waals surface area (Å²) in [6.45, 7) is 2.25. The number of rotatable bonds is 6. The topological polar surface area (TPSA) is 112 Å². The molecule has 0 unspecified atom stereocenters. The van der Waals surface area contributed by atoms with Gasteiger partial charge in [0.25, 0.3) is 0 Å². The standard InChI is InChI=1S/C19H25N5O3S/c1-12-5-3-4-6-15(12)24-17(13-7-9-14(27-2)10-8-13)22-23-19(24)28-11-16(25)21-18(20)26/h7-10,12,15H,3-6,11H2,1-2H3,(H3,20,21,25,26)/t12-,15+/m1/s1. The van der Waals surface area contributed by atoms with Gasteiger partial charge in [0.1, 0.15) is 5.75 Å². The molecule has 0 spiro atoms. The van der Waals surface area contributed by atoms with Gasteiger partial charge in [0.15, 0.2) is 11.0 Å². The van der Waals surface area contributed by atoms with E-state index < -0.39 is 11.9 Å². The number of ether oxygens (including phenoxy) is 1. The van der Waals surface area contributed by atoms with E-state index in [1.165, 1.54) is 18.2 Å². The van der Waals surface area contributed by atoms with E-state index in [0.29, 0.717) is 11.1 Å². The number of amides is 3. The van der Waals surface area contributed by atoms with Gasteiger partial charge in [-0.25, -0.2) is 4.79 Å². The monoisotopic (exact) mass is 403 g/mol. The molecule has 1 aromatic carbocycles. The largest absolute Gasteiger partial charge is 0.497 e. The summed E-state index contributed by atoms with van der Waals surface area (Å²) < 4.78 is 7.39. The van der Waals surface area contributed by atoms with Crippen molar-refractivity contribution in [3.05, 3.63) is 24.3 Å². The molecule has 3 rings (SSSR count). The third-order valence-electron chi connectivity index (χ3n) is 5.01. The van der Waals surface area contributed by atoms with Gasteiger partial charge < -0.3 is 10.5 Å². The average Bonchev–Trinajstić information content (AvgIpc) is 3.10. The number of aromatic nitrogens is 3. The van der Waals surface area contributed by atoms with Crippen molar-refractivity contribution in [1.29, 1.82) is 0 Å². The zero-order valence-corrected chi connectivity index (χ0v) is 16.9. The van der Waals surface area contributed by atoms with Crippen molar-refractivity contribution in [3.8, 4) is 17.1 Å². The predicted molar refractivity (Wildman–Crippen MR) is 107 cm³/mol. The molecule has 3 N–H and O–H groups in total. The third-order valence-corrected chi connectivity index (χ3v) is 5.95. The highest BCUT2D eigenvalue weighted by Gasteiger charge is 2.29. The maximum Gasteiger partial charge on any atom is 0.318 e. The number of hydrogen-bond donors (Lipinski definition) is 2. The van der Waals surface area contributed by atoms with Gasteiger partial charge in [-0.2, -0.15) is 0 Å². The van der Waals surface area contributed by atoms with Gasteiger partial charge in [-0.1, -0.05) is 31.5 Å². The highest BCUT2D eigenvalue weighted by molar-refractivity contribution is 7.99. The average molecular weight is 404 g/mol. The fraction of sp³-hybridized carbons (Fsp3) is 0.474. The summed E-state index contributed by atoms with van der Waals surface area (Å²) in [5.41, 5.74) is 5.95. The molecular formula is C19H25N5O3S. The lowest BCUT2D eigenvalue weighted by atomic mass is 9.85. The molecule has 0 saturated heterocycles. The van der Waals surface area contributed by atoms with Crippen LogP contribution in [0.5, 0.6) is 5.75 Å². The van der Waals surface area contributed by atoms with E-state index >= 15 is 0 Å². The fourth-order valence-electron chi connectivity index (χ4n) is 3.60. The van der Waals surface area contributed by atoms with Gasteiger partial charge in [0.2, 0.25) is 5.91 Å². The number of nitrogens with two attached hydrogens (primary N) is 1. The smallest absolute Gasteiger partial charge is 0.318 e. The Morgan fingerprint density at radius 1 is 1.25 bits per heavy atom. The summed E-state index contributed by atoms with van der Waals surface area (Å²) in [5.74, 6) is 1.64. The molecule has 2 atom stereocenters. The van der Waals surface area contributed by atoms with Gasteiger partial charge in [-0.3, -0.25) is 14.7 Å². The molecular weight excluding hydrogens is 378 g/mol. The Labute approximate surface area is 168 Å². The van der Waals surface area contributed by atoms with Gasteiger partial charge in [0.05, 0.1) is 12.9 Å². The van der Waals surface area contributed by atoms with Crippen molar-refractivity contribution in [2.75, 3.05) is 12.9 Å². The fourth-order valence-corrected chi connectivity index (χ4v) is 4.39. The van der Waals surface area contributed by atoms with Crippen LogP contribution in [0.15, 0.2) is 29.4 Å². The molecule has 28 heavy (non-hydrogen) atoms. The number of primary amides is 1. The summed E-state index contributed by atoms with van der Waals surface area (Å²) in [4.78, 5) is 22.7. The summed E-state index contributed by atoms with van der Waals surface area (Å²) in [6.07, 6.45) is 4.57. The van der Waals surface area contributed by atoms with Crippen molar-refractivity contribution in [2.24, 2.45) is 11.7 Å². The van der Waals surface area contributed by atoms with Crippen molar-refractivity contribution < 1.29 is 14.3 Å². The summed E-state index contributed by atoms with van der Waals surface area (Å²) >= 11 is 1.26. The summed E-state index contributed by atoms with van der Waals surface area (Å²) in [6, 6.07) is 7.12. The lowest BCUT2D eigenvalue weighted by molar-refractivity contribution is -0.117. The molecule has 1 aromatic heterocycles. The van der Waals surface area contributed by atoms with Gasteiger partial charge in [-0.05, 0) is 43.0 Å². The lowest BCUT2D eigenvalue weighted by Crippen LogP contribution is -2.36. The van der Waals surface area contributed by atoms with Crippen LogP contribution in [-0.2, 0) is 4.79 Å². The number of carbonyl (C=O) groups is 2. The predicted octanol–water partition coefficient (Wildman–Crippen LogP) is 2.99. The summed E-state index contributed by atoms with van der Waals surface area (Å²) in [5, 5.41) is 11.5. The van der Waals surface area contributed by atoms with E-state index in [2.05, 4.69) is 27.0 Å². The molecule has 1 aliphatic carbocycles. The molecule has 8 nitrogen and oxygen atoms in total. The molecule has 1 heterocycles. The Bertz CT molecular complexity index is 837. The molecule has 0 radical (unpaired) electrons. The van der Waals surface area contributed by atoms with E-state index in [0.717, 1.165) is 36.4 Å². The van der Waals surface area contributed by atoms with Crippen LogP contribution in [0.3, 0.4) is 0 Å². The third kappa shape index (κ3) is 4.64. The molecule has 1 aliphatic rings. The van der Waals surface area contributed by atoms with E-state index in [1.807, 2.05) is 24.3 Å². The number of methoxy groups -OCH3 is 1. The normalized spacial score (nSPS) is 19.2. The van der Waals surface area contributed by atoms with Crippen molar-refractivity contribution in [1.82, 2.24) is 20.1 Å². The lowest BCUT2D eigenvalue weighted by Gasteiger charge is -2.31. The molecule has 150 valence electrons. The second-order valence-electron chi connectivity index (χ2n) is 6.93. The Kier molecular flexibility index (Phi) is 6.56. The van der Waals surface area contributed by atoms with Crippen LogP contribution in [0, 0.1) is 5.92 Å². The Morgan fingerprint density at radius 2 is 1.96 bits per heavy atom. The van der Waals surface area contributed by atoms with Crippen LogP contribution in [-0.4, -0.2) is 39.6 Å². The Morgan fingerprint density at radius 3 is 2.61 bits per heavy atom. The van der Waals surface area contributed by atoms with Crippen LogP contribution < -0.4 is 15.8 Å². The number of hydrogen-bond acceptors (Lipinski definition) is 6. The number of imide groups is 1. The number of benzene rings is 1. The van der Waals surface area contributed by atoms with Crippen LogP contribution >= 0.6 is 11.8 Å². The SMILES string of the molecule is COc1ccc(-c2nnc(SCC(=O)NC(N)=O)n2[C@H]2CCCC[C@H]2C)cc1.